The molecule has 1 aromatic heterocycles. The number of rotatable bonds is 7. The number of anilines is 3. The maximum atomic E-state index is 13.6. The minimum Gasteiger partial charge on any atom is -0.355 e. The first-order valence-electron chi connectivity index (χ1n) is 9.95. The Morgan fingerprint density at radius 3 is 2.73 bits per heavy atom. The molecule has 6 nitrogen and oxygen atoms in total. The van der Waals surface area contributed by atoms with Crippen LogP contribution in [-0.2, 0) is 6.42 Å². The van der Waals surface area contributed by atoms with Crippen molar-refractivity contribution in [2.75, 3.05) is 29.9 Å². The number of aromatic nitrogens is 2. The minimum absolute atomic E-state index is 0. The lowest BCUT2D eigenvalue weighted by Crippen LogP contribution is -2.46. The van der Waals surface area contributed by atoms with E-state index in [1.54, 1.807) is 6.07 Å². The number of hydrogen-bond acceptors (Lipinski definition) is 6. The van der Waals surface area contributed by atoms with E-state index >= 15 is 0 Å². The maximum Gasteiger partial charge on any atom is 0.229 e. The number of hydrogen-bond donors (Lipinski definition) is 2. The molecule has 30 heavy (non-hydrogen) atoms. The van der Waals surface area contributed by atoms with Crippen molar-refractivity contribution in [2.24, 2.45) is 0 Å². The molecule has 0 saturated carbocycles. The van der Waals surface area contributed by atoms with E-state index < -0.39 is 5.82 Å². The molecule has 1 fully saturated rings. The number of nitriles is 1. The van der Waals surface area contributed by atoms with Crippen LogP contribution in [0.5, 0.6) is 0 Å². The molecule has 2 aromatic rings. The van der Waals surface area contributed by atoms with Gasteiger partial charge in [0.1, 0.15) is 17.7 Å². The molecular formula is C21H29Cl2FN6. The molecule has 1 aliphatic rings. The average Bonchev–Trinajstić information content (AvgIpc) is 2.70. The van der Waals surface area contributed by atoms with Crippen LogP contribution in [0.15, 0.2) is 24.3 Å². The predicted molar refractivity (Wildman–Crippen MR) is 124 cm³/mol. The molecule has 2 N–H and O–H groups in total. The molecule has 9 heteroatoms. The first-order chi connectivity index (χ1) is 13.6. The van der Waals surface area contributed by atoms with E-state index in [0.29, 0.717) is 17.7 Å². The van der Waals surface area contributed by atoms with Crippen molar-refractivity contribution in [1.29, 1.82) is 5.26 Å². The van der Waals surface area contributed by atoms with Gasteiger partial charge in [-0.25, -0.2) is 9.37 Å². The second-order valence-corrected chi connectivity index (χ2v) is 7.07. The SMILES string of the molecule is CCCc1cc(N2CCC[C@@H](NCC)C2)nc(Nc2ccc(F)c(C#N)c2)n1.Cl.Cl. The Morgan fingerprint density at radius 2 is 2.03 bits per heavy atom. The molecule has 0 aliphatic carbocycles. The molecule has 1 saturated heterocycles. The summed E-state index contributed by atoms with van der Waals surface area (Å²) in [6, 6.07) is 8.74. The highest BCUT2D eigenvalue weighted by molar-refractivity contribution is 5.85. The van der Waals surface area contributed by atoms with Gasteiger partial charge in [0, 0.05) is 36.6 Å². The third-order valence-corrected chi connectivity index (χ3v) is 4.85. The van der Waals surface area contributed by atoms with Crippen LogP contribution in [0.1, 0.15) is 44.4 Å². The van der Waals surface area contributed by atoms with Gasteiger partial charge in [0.25, 0.3) is 0 Å². The van der Waals surface area contributed by atoms with Gasteiger partial charge < -0.3 is 15.5 Å². The second kappa shape index (κ2) is 12.5. The summed E-state index contributed by atoms with van der Waals surface area (Å²) >= 11 is 0. The van der Waals surface area contributed by atoms with E-state index in [0.717, 1.165) is 50.4 Å². The summed E-state index contributed by atoms with van der Waals surface area (Å²) in [5, 5.41) is 15.7. The number of benzene rings is 1. The summed E-state index contributed by atoms with van der Waals surface area (Å²) < 4.78 is 13.6. The molecule has 2 heterocycles. The molecule has 1 aromatic carbocycles. The summed E-state index contributed by atoms with van der Waals surface area (Å²) in [5.41, 5.74) is 1.57. The summed E-state index contributed by atoms with van der Waals surface area (Å²) in [6.07, 6.45) is 4.15. The Hall–Kier alpha value is -2.14. The molecule has 0 bridgehead atoms. The lowest BCUT2D eigenvalue weighted by molar-refractivity contribution is 0.429. The Kier molecular flexibility index (Phi) is 10.8. The van der Waals surface area contributed by atoms with Gasteiger partial charge in [0.05, 0.1) is 5.56 Å². The normalized spacial score (nSPS) is 15.5. The van der Waals surface area contributed by atoms with Crippen molar-refractivity contribution in [2.45, 2.75) is 45.6 Å². The number of likely N-dealkylation sites (N-methyl/N-ethyl adjacent to an activating group) is 1. The number of piperidine rings is 1. The van der Waals surface area contributed by atoms with Crippen molar-refractivity contribution in [3.05, 3.63) is 41.3 Å². The third kappa shape index (κ3) is 6.69. The Morgan fingerprint density at radius 1 is 1.23 bits per heavy atom. The lowest BCUT2D eigenvalue weighted by atomic mass is 10.1. The molecule has 0 amide bonds. The predicted octanol–water partition coefficient (Wildman–Crippen LogP) is 4.61. The van der Waals surface area contributed by atoms with E-state index in [-0.39, 0.29) is 30.4 Å². The summed E-state index contributed by atoms with van der Waals surface area (Å²) in [6.45, 7) is 7.10. The van der Waals surface area contributed by atoms with Gasteiger partial charge in [0.2, 0.25) is 5.95 Å². The van der Waals surface area contributed by atoms with Gasteiger partial charge in [-0.15, -0.1) is 24.8 Å². The number of aryl methyl sites for hydroxylation is 1. The molecule has 0 unspecified atom stereocenters. The Bertz CT molecular complexity index is 856. The third-order valence-electron chi connectivity index (χ3n) is 4.85. The molecule has 0 spiro atoms. The summed E-state index contributed by atoms with van der Waals surface area (Å²) in [4.78, 5) is 11.6. The van der Waals surface area contributed by atoms with E-state index in [4.69, 9.17) is 10.2 Å². The molecular weight excluding hydrogens is 426 g/mol. The van der Waals surface area contributed by atoms with E-state index in [9.17, 15) is 4.39 Å². The van der Waals surface area contributed by atoms with Crippen molar-refractivity contribution in [3.63, 3.8) is 0 Å². The van der Waals surface area contributed by atoms with Crippen LogP contribution in [0.4, 0.5) is 21.8 Å². The van der Waals surface area contributed by atoms with Gasteiger partial charge in [-0.05, 0) is 44.0 Å². The molecule has 0 radical (unpaired) electrons. The van der Waals surface area contributed by atoms with E-state index in [1.807, 2.05) is 6.07 Å². The van der Waals surface area contributed by atoms with Crippen LogP contribution in [-0.4, -0.2) is 35.6 Å². The first-order valence-corrected chi connectivity index (χ1v) is 9.95. The average molecular weight is 455 g/mol. The monoisotopic (exact) mass is 454 g/mol. The fourth-order valence-corrected chi connectivity index (χ4v) is 3.54. The lowest BCUT2D eigenvalue weighted by Gasteiger charge is -2.34. The van der Waals surface area contributed by atoms with Crippen LogP contribution in [0, 0.1) is 17.1 Å². The van der Waals surface area contributed by atoms with Gasteiger partial charge in [-0.1, -0.05) is 20.3 Å². The zero-order chi connectivity index (χ0) is 19.9. The van der Waals surface area contributed by atoms with E-state index in [2.05, 4.69) is 40.4 Å². The second-order valence-electron chi connectivity index (χ2n) is 7.07. The number of nitrogens with zero attached hydrogens (tertiary/aromatic N) is 4. The number of halogens is 3. The largest absolute Gasteiger partial charge is 0.355 e. The summed E-state index contributed by atoms with van der Waals surface area (Å²) in [5.74, 6) is 0.852. The molecule has 1 atom stereocenters. The van der Waals surface area contributed by atoms with Crippen LogP contribution in [0.2, 0.25) is 0 Å². The zero-order valence-corrected chi connectivity index (χ0v) is 19.0. The maximum absolute atomic E-state index is 13.6. The van der Waals surface area contributed by atoms with Crippen molar-refractivity contribution in [3.8, 4) is 6.07 Å². The van der Waals surface area contributed by atoms with Gasteiger partial charge in [-0.3, -0.25) is 0 Å². The summed E-state index contributed by atoms with van der Waals surface area (Å²) in [7, 11) is 0. The Labute approximate surface area is 190 Å². The van der Waals surface area contributed by atoms with Gasteiger partial charge in [0.15, 0.2) is 0 Å². The zero-order valence-electron chi connectivity index (χ0n) is 17.3. The smallest absolute Gasteiger partial charge is 0.229 e. The minimum atomic E-state index is -0.530. The fraction of sp³-hybridized carbons (Fsp3) is 0.476. The highest BCUT2D eigenvalue weighted by Crippen LogP contribution is 2.23. The highest BCUT2D eigenvalue weighted by atomic mass is 35.5. The molecule has 164 valence electrons. The molecule has 1 aliphatic heterocycles. The topological polar surface area (TPSA) is 76.9 Å². The van der Waals surface area contributed by atoms with Gasteiger partial charge in [-0.2, -0.15) is 10.2 Å². The fourth-order valence-electron chi connectivity index (χ4n) is 3.54. The first kappa shape index (κ1) is 25.9. The van der Waals surface area contributed by atoms with Crippen LogP contribution in [0.3, 0.4) is 0 Å². The Balaban J connectivity index is 0.00000225. The highest BCUT2D eigenvalue weighted by Gasteiger charge is 2.21. The van der Waals surface area contributed by atoms with Crippen molar-refractivity contribution >= 4 is 42.3 Å². The number of nitrogens with one attached hydrogen (secondary N) is 2. The van der Waals surface area contributed by atoms with Crippen LogP contribution in [0.25, 0.3) is 0 Å². The van der Waals surface area contributed by atoms with Crippen LogP contribution < -0.4 is 15.5 Å². The standard InChI is InChI=1S/C21H27FN6.2ClH/c1-3-6-16-12-20(28-10-5-7-18(14-28)24-4-2)27-21(25-16)26-17-8-9-19(22)15(11-17)13-23;;/h8-9,11-12,18,24H,3-7,10,14H2,1-2H3,(H,25,26,27);2*1H/t18-;;/m1../s1. The van der Waals surface area contributed by atoms with Crippen molar-refractivity contribution in [1.82, 2.24) is 15.3 Å². The van der Waals surface area contributed by atoms with Crippen LogP contribution >= 0.6 is 24.8 Å². The quantitative estimate of drug-likeness (QED) is 0.635. The molecule has 3 rings (SSSR count). The van der Waals surface area contributed by atoms with E-state index in [1.165, 1.54) is 18.6 Å². The van der Waals surface area contributed by atoms with Crippen molar-refractivity contribution < 1.29 is 4.39 Å². The van der Waals surface area contributed by atoms with Gasteiger partial charge >= 0.3 is 0 Å².